The fourth-order valence-electron chi connectivity index (χ4n) is 6.41. The third-order valence-electron chi connectivity index (χ3n) is 7.28. The van der Waals surface area contributed by atoms with Crippen molar-refractivity contribution in [3.63, 3.8) is 0 Å². The van der Waals surface area contributed by atoms with E-state index in [1.165, 1.54) is 38.5 Å². The molecule has 0 aromatic rings. The Labute approximate surface area is 151 Å². The quantitative estimate of drug-likeness (QED) is 0.397. The maximum atomic E-state index is 11.7. The predicted octanol–water partition coefficient (Wildman–Crippen LogP) is 4.54. The molecule has 1 heterocycles. The van der Waals surface area contributed by atoms with E-state index in [0.717, 1.165) is 43.6 Å². The van der Waals surface area contributed by atoms with E-state index in [2.05, 4.69) is 6.92 Å². The van der Waals surface area contributed by atoms with E-state index in [9.17, 15) is 9.90 Å². The highest BCUT2D eigenvalue weighted by molar-refractivity contribution is 5.86. The van der Waals surface area contributed by atoms with Gasteiger partial charge in [0, 0.05) is 0 Å². The molecule has 5 rings (SSSR count). The third-order valence-corrected chi connectivity index (χ3v) is 7.28. The van der Waals surface area contributed by atoms with Gasteiger partial charge < -0.3 is 14.6 Å². The van der Waals surface area contributed by atoms with Gasteiger partial charge in [-0.15, -0.1) is 0 Å². The van der Waals surface area contributed by atoms with E-state index in [0.29, 0.717) is 18.6 Å². The summed E-state index contributed by atoms with van der Waals surface area (Å²) in [4.78, 5) is 11.7. The fraction of sp³-hybridized carbons (Fsp3) is 0.857. The standard InChI is InChI=1S/C21H32O4/c1-20(4-6-25-20)3-2-5-24-14-18(19(22)23)13-21-10-15-7-16(11-21)9-17(8-15)12-21/h14-17H,2-13H2,1H3,(H,22,23). The summed E-state index contributed by atoms with van der Waals surface area (Å²) in [6.07, 6.45) is 13.1. The highest BCUT2D eigenvalue weighted by Crippen LogP contribution is 2.62. The van der Waals surface area contributed by atoms with Crippen molar-refractivity contribution in [2.24, 2.45) is 23.2 Å². The van der Waals surface area contributed by atoms with Crippen molar-refractivity contribution in [2.75, 3.05) is 13.2 Å². The molecule has 5 aliphatic rings. The number of ether oxygens (including phenoxy) is 2. The van der Waals surface area contributed by atoms with E-state index in [4.69, 9.17) is 9.47 Å². The Balaban J connectivity index is 1.31. The van der Waals surface area contributed by atoms with Crippen LogP contribution in [0.25, 0.3) is 0 Å². The summed E-state index contributed by atoms with van der Waals surface area (Å²) < 4.78 is 11.2. The molecule has 1 atom stereocenters. The van der Waals surface area contributed by atoms with Gasteiger partial charge in [-0.25, -0.2) is 4.79 Å². The Kier molecular flexibility index (Phi) is 4.59. The van der Waals surface area contributed by atoms with E-state index < -0.39 is 5.97 Å². The molecule has 0 spiro atoms. The molecule has 4 heteroatoms. The first kappa shape index (κ1) is 17.4. The second kappa shape index (κ2) is 6.61. The van der Waals surface area contributed by atoms with Gasteiger partial charge in [0.15, 0.2) is 0 Å². The molecule has 0 radical (unpaired) electrons. The number of rotatable bonds is 8. The lowest BCUT2D eigenvalue weighted by Crippen LogP contribution is -2.46. The van der Waals surface area contributed by atoms with Gasteiger partial charge in [-0.05, 0) is 94.3 Å². The lowest BCUT2D eigenvalue weighted by molar-refractivity contribution is -0.140. The van der Waals surface area contributed by atoms with Crippen molar-refractivity contribution in [1.29, 1.82) is 0 Å². The van der Waals surface area contributed by atoms with Crippen LogP contribution in [0.15, 0.2) is 11.8 Å². The molecule has 4 nitrogen and oxygen atoms in total. The molecule has 4 aliphatic carbocycles. The van der Waals surface area contributed by atoms with Crippen LogP contribution in [0.1, 0.15) is 71.1 Å². The summed E-state index contributed by atoms with van der Waals surface area (Å²) in [7, 11) is 0. The summed E-state index contributed by atoms with van der Waals surface area (Å²) in [5.74, 6) is 1.76. The first-order valence-electron chi connectivity index (χ1n) is 10.1. The van der Waals surface area contributed by atoms with Crippen LogP contribution in [0, 0.1) is 23.2 Å². The molecule has 4 saturated carbocycles. The molecule has 140 valence electrons. The Morgan fingerprint density at radius 2 is 1.80 bits per heavy atom. The summed E-state index contributed by atoms with van der Waals surface area (Å²) in [5.41, 5.74) is 0.755. The largest absolute Gasteiger partial charge is 0.501 e. The van der Waals surface area contributed by atoms with Gasteiger partial charge in [0.1, 0.15) is 0 Å². The van der Waals surface area contributed by atoms with E-state index in [1.807, 2.05) is 0 Å². The van der Waals surface area contributed by atoms with Crippen LogP contribution in [0.2, 0.25) is 0 Å². The monoisotopic (exact) mass is 348 g/mol. The van der Waals surface area contributed by atoms with Gasteiger partial charge in [-0.1, -0.05) is 0 Å². The van der Waals surface area contributed by atoms with Crippen molar-refractivity contribution in [3.8, 4) is 0 Å². The first-order chi connectivity index (χ1) is 12.0. The van der Waals surface area contributed by atoms with Crippen LogP contribution in [-0.4, -0.2) is 29.9 Å². The van der Waals surface area contributed by atoms with E-state index in [1.54, 1.807) is 6.26 Å². The Morgan fingerprint density at radius 3 is 2.28 bits per heavy atom. The number of carbonyl (C=O) groups is 1. The van der Waals surface area contributed by atoms with Crippen LogP contribution in [-0.2, 0) is 14.3 Å². The molecule has 1 aliphatic heterocycles. The second-order valence-electron chi connectivity index (χ2n) is 9.57. The molecule has 1 N–H and O–H groups in total. The van der Waals surface area contributed by atoms with Crippen LogP contribution in [0.3, 0.4) is 0 Å². The summed E-state index contributed by atoms with van der Waals surface area (Å²) >= 11 is 0. The molecule has 5 fully saturated rings. The van der Waals surface area contributed by atoms with E-state index >= 15 is 0 Å². The smallest absolute Gasteiger partial charge is 0.334 e. The molecule has 0 aromatic heterocycles. The summed E-state index contributed by atoms with van der Waals surface area (Å²) in [5, 5.41) is 9.64. The van der Waals surface area contributed by atoms with Crippen LogP contribution >= 0.6 is 0 Å². The predicted molar refractivity (Wildman–Crippen MR) is 95.1 cm³/mol. The Hall–Kier alpha value is -1.03. The molecule has 1 saturated heterocycles. The van der Waals surface area contributed by atoms with Crippen LogP contribution < -0.4 is 0 Å². The molecular formula is C21H32O4. The topological polar surface area (TPSA) is 55.8 Å². The minimum absolute atomic E-state index is 0.0297. The second-order valence-corrected chi connectivity index (χ2v) is 9.57. The number of carboxylic acid groups (broad SMARTS) is 1. The highest BCUT2D eigenvalue weighted by Gasteiger charge is 2.51. The van der Waals surface area contributed by atoms with Gasteiger partial charge in [-0.2, -0.15) is 0 Å². The maximum absolute atomic E-state index is 11.7. The van der Waals surface area contributed by atoms with Crippen molar-refractivity contribution in [1.82, 2.24) is 0 Å². The van der Waals surface area contributed by atoms with Gasteiger partial charge in [-0.3, -0.25) is 0 Å². The third kappa shape index (κ3) is 3.74. The molecule has 1 unspecified atom stereocenters. The van der Waals surface area contributed by atoms with Gasteiger partial charge >= 0.3 is 5.97 Å². The van der Waals surface area contributed by atoms with Crippen LogP contribution in [0.4, 0.5) is 0 Å². The van der Waals surface area contributed by atoms with Gasteiger partial charge in [0.05, 0.1) is 30.6 Å². The molecule has 0 amide bonds. The van der Waals surface area contributed by atoms with E-state index in [-0.39, 0.29) is 11.0 Å². The van der Waals surface area contributed by atoms with Crippen molar-refractivity contribution >= 4 is 5.97 Å². The first-order valence-corrected chi connectivity index (χ1v) is 10.1. The lowest BCUT2D eigenvalue weighted by Gasteiger charge is -2.57. The van der Waals surface area contributed by atoms with Crippen molar-refractivity contribution < 1.29 is 19.4 Å². The Morgan fingerprint density at radius 1 is 1.20 bits per heavy atom. The number of aliphatic carboxylic acids is 1. The SMILES string of the molecule is CC1(CCCOC=C(CC23CC4CC(CC(C4)C2)C3)C(=O)O)CCO1. The maximum Gasteiger partial charge on any atom is 0.334 e. The van der Waals surface area contributed by atoms with Crippen LogP contribution in [0.5, 0.6) is 0 Å². The highest BCUT2D eigenvalue weighted by atomic mass is 16.5. The fourth-order valence-corrected chi connectivity index (χ4v) is 6.41. The van der Waals surface area contributed by atoms with Crippen molar-refractivity contribution in [2.45, 2.75) is 76.7 Å². The van der Waals surface area contributed by atoms with Gasteiger partial charge in [0.25, 0.3) is 0 Å². The summed E-state index contributed by atoms with van der Waals surface area (Å²) in [6.45, 7) is 3.59. The number of hydrogen-bond donors (Lipinski definition) is 1. The van der Waals surface area contributed by atoms with Gasteiger partial charge in [0.2, 0.25) is 0 Å². The lowest BCUT2D eigenvalue weighted by atomic mass is 9.48. The average Bonchev–Trinajstić information content (AvgIpc) is 2.50. The zero-order valence-electron chi connectivity index (χ0n) is 15.5. The Bertz CT molecular complexity index is 511. The molecule has 0 aromatic carbocycles. The number of hydrogen-bond acceptors (Lipinski definition) is 3. The number of carboxylic acids is 1. The molecule has 25 heavy (non-hydrogen) atoms. The molecular weight excluding hydrogens is 316 g/mol. The molecule has 4 bridgehead atoms. The minimum atomic E-state index is -0.801. The minimum Gasteiger partial charge on any atom is -0.501 e. The zero-order valence-corrected chi connectivity index (χ0v) is 15.5. The average molecular weight is 348 g/mol. The van der Waals surface area contributed by atoms with Crippen molar-refractivity contribution in [3.05, 3.63) is 11.8 Å². The normalized spacial score (nSPS) is 42.3. The summed E-state index contributed by atoms with van der Waals surface area (Å²) in [6, 6.07) is 0. The zero-order chi connectivity index (χ0) is 17.5.